The Balaban J connectivity index is 0.000000115. The van der Waals surface area contributed by atoms with Crippen LogP contribution in [0.4, 0.5) is 56.9 Å². The quantitative estimate of drug-likeness (QED) is 0.150. The minimum atomic E-state index is -2.49. The van der Waals surface area contributed by atoms with E-state index in [0.29, 0.717) is 45.4 Å². The predicted octanol–water partition coefficient (Wildman–Crippen LogP) is 21.9. The number of pyridine rings is 4. The highest BCUT2D eigenvalue weighted by molar-refractivity contribution is 6.13. The van der Waals surface area contributed by atoms with Gasteiger partial charge in [-0.15, -0.1) is 0 Å². The number of hydrogen-bond donors (Lipinski definition) is 0. The minimum absolute atomic E-state index is 0.0182. The molecule has 0 bridgehead atoms. The molecule has 12 heterocycles. The molecule has 4 aliphatic rings. The second-order valence-corrected chi connectivity index (χ2v) is 26.7. The summed E-state index contributed by atoms with van der Waals surface area (Å²) in [6.07, 6.45) is 9.18. The fourth-order valence-corrected chi connectivity index (χ4v) is 15.6. The molecule has 102 heavy (non-hydrogen) atoms. The van der Waals surface area contributed by atoms with Crippen LogP contribution in [0.15, 0.2) is 225 Å². The van der Waals surface area contributed by atoms with Gasteiger partial charge in [0, 0.05) is 118 Å². The maximum Gasteiger partial charge on any atom is 0.227 e. The van der Waals surface area contributed by atoms with E-state index in [-0.39, 0.29) is 12.3 Å². The van der Waals surface area contributed by atoms with Crippen LogP contribution in [0.5, 0.6) is 0 Å². The summed E-state index contributed by atoms with van der Waals surface area (Å²) in [5, 5.41) is 7.80. The Labute approximate surface area is 611 Å². The van der Waals surface area contributed by atoms with Crippen molar-refractivity contribution in [1.82, 2.24) is 24.8 Å². The van der Waals surface area contributed by atoms with Crippen LogP contribution in [0.1, 0.15) is 108 Å². The third kappa shape index (κ3) is 10.5. The molecule has 6 unspecified atom stereocenters. The van der Waals surface area contributed by atoms with Crippen LogP contribution >= 0.6 is 0 Å². The molecule has 0 amide bonds. The normalized spacial score (nSPS) is 20.4. The second kappa shape index (κ2) is 25.6. The first-order valence-corrected chi connectivity index (χ1v) is 34.4. The van der Waals surface area contributed by atoms with Crippen molar-refractivity contribution in [2.24, 2.45) is 0 Å². The summed E-state index contributed by atoms with van der Waals surface area (Å²) < 4.78 is 122. The van der Waals surface area contributed by atoms with Crippen molar-refractivity contribution in [3.63, 3.8) is 0 Å². The lowest BCUT2D eigenvalue weighted by molar-refractivity contribution is 0.263. The molecular weight excluding hydrogens is 1270 g/mol. The fraction of sp³-hybridized carbons (Fsp3) is 0.256. The van der Waals surface area contributed by atoms with Crippen LogP contribution < -0.4 is 34.3 Å². The zero-order valence-electron chi connectivity index (χ0n) is 70.9. The van der Waals surface area contributed by atoms with Gasteiger partial charge in [0.15, 0.2) is 22.3 Å². The molecule has 8 aromatic heterocycles. The molecular formula is C86H86N12O4. The Bertz CT molecular complexity index is 6110. The molecule has 0 radical (unpaired) electrons. The largest absolute Gasteiger partial charge is 0.435 e. The Morgan fingerprint density at radius 1 is 0.343 bits per heavy atom. The van der Waals surface area contributed by atoms with E-state index in [9.17, 15) is 0 Å². The van der Waals surface area contributed by atoms with Gasteiger partial charge in [-0.05, 0) is 204 Å². The number of fused-ring (bicyclic) bond motifs is 15. The highest BCUT2D eigenvalue weighted by Gasteiger charge is 2.40. The van der Waals surface area contributed by atoms with Crippen molar-refractivity contribution in [1.29, 1.82) is 0 Å². The molecule has 0 N–H and O–H groups in total. The van der Waals surface area contributed by atoms with E-state index in [1.54, 1.807) is 40.8 Å². The van der Waals surface area contributed by atoms with Gasteiger partial charge in [0.2, 0.25) is 22.9 Å². The number of nitrogens with zero attached hydrogens (tertiary/aromatic N) is 12. The van der Waals surface area contributed by atoms with E-state index < -0.39 is 51.1 Å². The van der Waals surface area contributed by atoms with E-state index in [2.05, 4.69) is 83.7 Å². The number of anilines is 10. The van der Waals surface area contributed by atoms with E-state index in [1.165, 1.54) is 18.7 Å². The molecule has 6 atom stereocenters. The number of furan rings is 4. The summed E-state index contributed by atoms with van der Waals surface area (Å²) in [4.78, 5) is 32.7. The van der Waals surface area contributed by atoms with Crippen molar-refractivity contribution in [2.75, 3.05) is 41.3 Å². The van der Waals surface area contributed by atoms with Gasteiger partial charge in [-0.25, -0.2) is 19.9 Å². The lowest BCUT2D eigenvalue weighted by Gasteiger charge is -2.33. The first-order chi connectivity index (χ1) is 54.0. The molecule has 0 fully saturated rings. The van der Waals surface area contributed by atoms with Gasteiger partial charge < -0.3 is 56.9 Å². The number of aromatic nitrogens is 4. The third-order valence-electron chi connectivity index (χ3n) is 20.2. The first kappa shape index (κ1) is 52.5. The van der Waals surface area contributed by atoms with Gasteiger partial charge in [0.05, 0.1) is 61.0 Å². The summed E-state index contributed by atoms with van der Waals surface area (Å²) in [6.45, 7) is 15.6. The summed E-state index contributed by atoms with van der Waals surface area (Å²) >= 11 is 0. The van der Waals surface area contributed by atoms with Gasteiger partial charge >= 0.3 is 0 Å². The Hall–Kier alpha value is -11.5. The van der Waals surface area contributed by atoms with Crippen molar-refractivity contribution < 1.29 is 34.1 Å². The molecule has 0 spiro atoms. The monoisotopic (exact) mass is 1360 g/mol. The number of rotatable bonds is 7. The van der Waals surface area contributed by atoms with Crippen LogP contribution in [0.25, 0.3) is 88.3 Å². The van der Waals surface area contributed by atoms with Crippen molar-refractivity contribution in [3.05, 3.63) is 229 Å². The fourth-order valence-electron chi connectivity index (χ4n) is 15.6. The standard InChI is InChI=1S/2C23H23N3O.C21H19N3O.C19H21N3O/c2*1-14(2)25-16(4)26(20-10-6-5-9-19(20)25)21-15(3)11-12-17-18-8-7-13-24-23(18)27-22(17)21;1-13-10-11-15-16-7-6-12-22-21(16)25-20(15)19(13)24-14(2)23(3)17-8-4-5-9-18(17)24;1-12(2)21-10-11-22(14(21)4)17-13(3)7-8-15-16-6-5-9-20-19(16)23-18(15)17/h2*5-14,16H,1-4H3;4-12,14H,1-3H3;5-12,14H,1-4H3/i1D3,14D;14D;3D3;1D3,12D. The minimum Gasteiger partial charge on any atom is -0.435 e. The molecule has 4 aliphatic heterocycles. The summed E-state index contributed by atoms with van der Waals surface area (Å²) in [7, 11) is 0. The maximum absolute atomic E-state index is 8.80. The molecule has 19 rings (SSSR count). The maximum atomic E-state index is 8.80. The lowest BCUT2D eigenvalue weighted by atomic mass is 10.1. The van der Waals surface area contributed by atoms with E-state index in [4.69, 9.17) is 34.1 Å². The van der Waals surface area contributed by atoms with E-state index >= 15 is 0 Å². The molecule has 7 aromatic carbocycles. The predicted molar refractivity (Wildman–Crippen MR) is 421 cm³/mol. The number of aryl methyl sites for hydroxylation is 4. The summed E-state index contributed by atoms with van der Waals surface area (Å²) in [6, 6.07) is 51.3. The average molecular weight is 1360 g/mol. The van der Waals surface area contributed by atoms with Crippen molar-refractivity contribution in [3.8, 4) is 0 Å². The molecule has 16 nitrogen and oxygen atoms in total. The molecule has 0 aliphatic carbocycles. The molecule has 0 saturated carbocycles. The first-order valence-electron chi connectivity index (χ1n) is 40.4. The van der Waals surface area contributed by atoms with Crippen molar-refractivity contribution in [2.45, 2.75) is 140 Å². The van der Waals surface area contributed by atoms with Crippen LogP contribution in [0.3, 0.4) is 0 Å². The Morgan fingerprint density at radius 2 is 0.676 bits per heavy atom. The van der Waals surface area contributed by atoms with Crippen LogP contribution in [0.2, 0.25) is 0 Å². The second-order valence-electron chi connectivity index (χ2n) is 26.7. The summed E-state index contributed by atoms with van der Waals surface area (Å²) in [5.74, 6) is 0. The van der Waals surface area contributed by atoms with Crippen LogP contribution in [-0.2, 0) is 0 Å². The number of benzene rings is 7. The van der Waals surface area contributed by atoms with Gasteiger partial charge in [-0.2, -0.15) is 0 Å². The van der Waals surface area contributed by atoms with Gasteiger partial charge in [0.25, 0.3) is 0 Å². The number of hydrogen-bond acceptors (Lipinski definition) is 16. The SMILES string of the molecule is [2H]C(C)(C)N1c2ccccc2N(c2c(C)ccc3c2oc2ncccc23)C1C.[2H]C([2H])([2H])C([2H])(C)N1C=CN(c2c(C)ccc3c2oc2ncccc23)C1C.[2H]C([2H])([2H])C([2H])(C)N1c2ccccc2N(c2c(C)ccc3c2oc2ncccc23)C1C.[2H]C([2H])([2H])N1c2ccccc2N(c2c(C)ccc3c2oc2ncccc23)C1C. The lowest BCUT2D eigenvalue weighted by Crippen LogP contribution is -2.42. The number of para-hydroxylation sites is 6. The van der Waals surface area contributed by atoms with E-state index in [1.807, 2.05) is 206 Å². The van der Waals surface area contributed by atoms with Crippen LogP contribution in [0, 0.1) is 27.7 Å². The third-order valence-corrected chi connectivity index (χ3v) is 20.2. The molecule has 514 valence electrons. The topological polar surface area (TPSA) is 130 Å². The van der Waals surface area contributed by atoms with Gasteiger partial charge in [0.1, 0.15) is 24.7 Å². The molecule has 15 aromatic rings. The summed E-state index contributed by atoms with van der Waals surface area (Å²) in [5.41, 5.74) is 18.4. The Kier molecular flexibility index (Phi) is 13.2. The highest BCUT2D eigenvalue weighted by atomic mass is 16.4. The zero-order chi connectivity index (χ0) is 80.9. The smallest absolute Gasteiger partial charge is 0.227 e. The van der Waals surface area contributed by atoms with E-state index in [0.717, 1.165) is 122 Å². The van der Waals surface area contributed by atoms with Crippen LogP contribution in [-0.4, -0.2) is 74.5 Å². The molecule has 0 saturated heterocycles. The van der Waals surface area contributed by atoms with Gasteiger partial charge in [-0.1, -0.05) is 84.9 Å². The zero-order valence-corrected chi connectivity index (χ0v) is 58.9. The van der Waals surface area contributed by atoms with Gasteiger partial charge in [-0.3, -0.25) is 0 Å². The molecule has 16 heteroatoms. The highest BCUT2D eigenvalue weighted by Crippen LogP contribution is 2.53. The average Bonchev–Trinajstić information content (AvgIpc) is 1.47. The Morgan fingerprint density at radius 3 is 1.05 bits per heavy atom. The van der Waals surface area contributed by atoms with Crippen molar-refractivity contribution >= 4 is 145 Å².